The minimum Gasteiger partial charge on any atom is -0.414 e. The van der Waals surface area contributed by atoms with Crippen LogP contribution in [0, 0.1) is 0 Å². The lowest BCUT2D eigenvalue weighted by atomic mass is 10.5. The van der Waals surface area contributed by atoms with Gasteiger partial charge in [0.05, 0.1) is 6.10 Å². The van der Waals surface area contributed by atoms with E-state index >= 15 is 0 Å². The fraction of sp³-hybridized carbons (Fsp3) is 0.875. The Hall–Kier alpha value is 0.197. The molecule has 4 heteroatoms. The fourth-order valence-corrected chi connectivity index (χ4v) is 2.82. The summed E-state index contributed by atoms with van der Waals surface area (Å²) in [5.41, 5.74) is 0. The highest BCUT2D eigenvalue weighted by molar-refractivity contribution is 8.13. The van der Waals surface area contributed by atoms with Gasteiger partial charge < -0.3 is 4.43 Å². The molecule has 0 fully saturated rings. The Morgan fingerprint density at radius 2 is 2.00 bits per heavy atom. The molecule has 72 valence electrons. The van der Waals surface area contributed by atoms with Crippen molar-refractivity contribution in [3.63, 3.8) is 0 Å². The lowest BCUT2D eigenvalue weighted by Crippen LogP contribution is -2.31. The second kappa shape index (κ2) is 5.04. The molecule has 0 N–H and O–H groups in total. The minimum absolute atomic E-state index is 0.168. The molecule has 0 radical (unpaired) electrons. The first-order valence-electron chi connectivity index (χ1n) is 4.12. The average molecular weight is 206 g/mol. The predicted octanol–water partition coefficient (Wildman–Crippen LogP) is 2.51. The summed E-state index contributed by atoms with van der Waals surface area (Å²) < 4.78 is 5.75. The molecule has 0 unspecified atom stereocenters. The van der Waals surface area contributed by atoms with E-state index in [0.717, 1.165) is 5.75 Å². The van der Waals surface area contributed by atoms with Crippen molar-refractivity contribution in [1.82, 2.24) is 0 Å². The maximum atomic E-state index is 10.6. The second-order valence-corrected chi connectivity index (χ2v) is 9.50. The van der Waals surface area contributed by atoms with Crippen molar-refractivity contribution in [3.05, 3.63) is 0 Å². The Morgan fingerprint density at radius 3 is 2.33 bits per heavy atom. The first kappa shape index (κ1) is 12.2. The Morgan fingerprint density at radius 1 is 1.50 bits per heavy atom. The molecule has 0 saturated heterocycles. The zero-order valence-electron chi connectivity index (χ0n) is 8.51. The van der Waals surface area contributed by atoms with Crippen LogP contribution in [0.15, 0.2) is 0 Å². The predicted molar refractivity (Wildman–Crippen MR) is 57.0 cm³/mol. The van der Waals surface area contributed by atoms with Gasteiger partial charge in [-0.1, -0.05) is 11.8 Å². The molecule has 0 aromatic heterocycles. The summed E-state index contributed by atoms with van der Waals surface area (Å²) in [6.45, 7) is 10.1. The molecule has 0 aliphatic carbocycles. The molecule has 0 aliphatic heterocycles. The Kier molecular flexibility index (Phi) is 5.12. The number of rotatable bonds is 4. The fourth-order valence-electron chi connectivity index (χ4n) is 0.872. The van der Waals surface area contributed by atoms with E-state index in [1.165, 1.54) is 11.8 Å². The highest BCUT2D eigenvalue weighted by atomic mass is 32.2. The molecule has 12 heavy (non-hydrogen) atoms. The first-order chi connectivity index (χ1) is 5.31. The van der Waals surface area contributed by atoms with Gasteiger partial charge in [0.25, 0.3) is 0 Å². The molecule has 2 nitrogen and oxygen atoms in total. The molecule has 0 bridgehead atoms. The van der Waals surface area contributed by atoms with Crippen molar-refractivity contribution in [2.75, 3.05) is 5.75 Å². The van der Waals surface area contributed by atoms with Gasteiger partial charge in [-0.2, -0.15) is 0 Å². The molecule has 0 aromatic carbocycles. The average Bonchev–Trinajstić information content (AvgIpc) is 1.79. The number of hydrogen-bond acceptors (Lipinski definition) is 3. The highest BCUT2D eigenvalue weighted by Gasteiger charge is 2.18. The van der Waals surface area contributed by atoms with Crippen LogP contribution in [0.1, 0.15) is 13.8 Å². The number of carbonyl (C=O) groups is 1. The molecule has 0 saturated carbocycles. The van der Waals surface area contributed by atoms with Crippen LogP contribution < -0.4 is 0 Å². The maximum Gasteiger partial charge on any atom is 0.185 e. The van der Waals surface area contributed by atoms with Crippen molar-refractivity contribution >= 4 is 25.2 Å². The van der Waals surface area contributed by atoms with E-state index in [9.17, 15) is 4.79 Å². The zero-order valence-corrected chi connectivity index (χ0v) is 10.3. The summed E-state index contributed by atoms with van der Waals surface area (Å²) in [6, 6.07) is 0. The summed E-state index contributed by atoms with van der Waals surface area (Å²) in [5.74, 6) is 0.777. The van der Waals surface area contributed by atoms with Gasteiger partial charge in [-0.05, 0) is 26.6 Å². The van der Waals surface area contributed by atoms with Crippen molar-refractivity contribution in [1.29, 1.82) is 0 Å². The van der Waals surface area contributed by atoms with E-state index in [1.807, 2.05) is 6.92 Å². The van der Waals surface area contributed by atoms with Crippen molar-refractivity contribution < 1.29 is 9.22 Å². The summed E-state index contributed by atoms with van der Waals surface area (Å²) in [4.78, 5) is 10.6. The van der Waals surface area contributed by atoms with E-state index in [0.29, 0.717) is 0 Å². The molecule has 0 aliphatic rings. The van der Waals surface area contributed by atoms with Crippen LogP contribution in [-0.4, -0.2) is 25.3 Å². The van der Waals surface area contributed by atoms with Crippen LogP contribution >= 0.6 is 11.8 Å². The molecule has 0 amide bonds. The zero-order chi connectivity index (χ0) is 9.78. The molecule has 0 rings (SSSR count). The summed E-state index contributed by atoms with van der Waals surface area (Å²) in [7, 11) is -1.42. The summed E-state index contributed by atoms with van der Waals surface area (Å²) in [5, 5.41) is 0.168. The molecular formula is C8H18O2SSi. The lowest BCUT2D eigenvalue weighted by molar-refractivity contribution is -0.109. The highest BCUT2D eigenvalue weighted by Crippen LogP contribution is 2.12. The third-order valence-corrected chi connectivity index (χ3v) is 3.23. The van der Waals surface area contributed by atoms with Crippen LogP contribution in [0.25, 0.3) is 0 Å². The van der Waals surface area contributed by atoms with Gasteiger partial charge in [0, 0.05) is 12.7 Å². The van der Waals surface area contributed by atoms with Crippen molar-refractivity contribution in [3.8, 4) is 0 Å². The molecule has 1 atom stereocenters. The van der Waals surface area contributed by atoms with Gasteiger partial charge in [0.15, 0.2) is 13.4 Å². The normalized spacial score (nSPS) is 14.4. The number of thioether (sulfide) groups is 1. The van der Waals surface area contributed by atoms with Gasteiger partial charge in [-0.15, -0.1) is 0 Å². The first-order valence-corrected chi connectivity index (χ1v) is 8.52. The molecule has 0 spiro atoms. The maximum absolute atomic E-state index is 10.6. The van der Waals surface area contributed by atoms with E-state index < -0.39 is 8.32 Å². The smallest absolute Gasteiger partial charge is 0.185 e. The van der Waals surface area contributed by atoms with E-state index in [-0.39, 0.29) is 11.2 Å². The Balaban J connectivity index is 3.60. The van der Waals surface area contributed by atoms with E-state index in [4.69, 9.17) is 4.43 Å². The van der Waals surface area contributed by atoms with Gasteiger partial charge >= 0.3 is 0 Å². The third kappa shape index (κ3) is 8.29. The molecular weight excluding hydrogens is 188 g/mol. The van der Waals surface area contributed by atoms with E-state index in [2.05, 4.69) is 19.6 Å². The van der Waals surface area contributed by atoms with Gasteiger partial charge in [0.2, 0.25) is 0 Å². The molecule has 0 aromatic rings. The summed E-state index contributed by atoms with van der Waals surface area (Å²) >= 11 is 1.34. The van der Waals surface area contributed by atoms with Crippen molar-refractivity contribution in [2.24, 2.45) is 0 Å². The van der Waals surface area contributed by atoms with Crippen molar-refractivity contribution in [2.45, 2.75) is 39.6 Å². The number of carbonyl (C=O) groups excluding carboxylic acids is 1. The van der Waals surface area contributed by atoms with Gasteiger partial charge in [0.1, 0.15) is 0 Å². The molecule has 0 heterocycles. The van der Waals surface area contributed by atoms with Gasteiger partial charge in [-0.3, -0.25) is 4.79 Å². The topological polar surface area (TPSA) is 26.3 Å². The standard InChI is InChI=1S/C8H18O2SSi/c1-7(6-11-8(2)9)10-12(3,4)5/h7H,6H2,1-5H3/t7-/m1/s1. The van der Waals surface area contributed by atoms with Crippen LogP contribution in [0.4, 0.5) is 0 Å². The third-order valence-electron chi connectivity index (χ3n) is 1.08. The number of hydrogen-bond donors (Lipinski definition) is 0. The van der Waals surface area contributed by atoms with Crippen LogP contribution in [-0.2, 0) is 9.22 Å². The summed E-state index contributed by atoms with van der Waals surface area (Å²) in [6.07, 6.45) is 0.200. The van der Waals surface area contributed by atoms with Crippen LogP contribution in [0.2, 0.25) is 19.6 Å². The van der Waals surface area contributed by atoms with E-state index in [1.54, 1.807) is 6.92 Å². The SMILES string of the molecule is CC(=O)SC[C@@H](C)O[Si](C)(C)C. The Bertz CT molecular complexity index is 154. The lowest BCUT2D eigenvalue weighted by Gasteiger charge is -2.22. The van der Waals surface area contributed by atoms with Crippen LogP contribution in [0.3, 0.4) is 0 Å². The minimum atomic E-state index is -1.42. The largest absolute Gasteiger partial charge is 0.414 e. The van der Waals surface area contributed by atoms with Crippen LogP contribution in [0.5, 0.6) is 0 Å². The Labute approximate surface area is 80.2 Å². The van der Waals surface area contributed by atoms with Gasteiger partial charge in [-0.25, -0.2) is 0 Å². The second-order valence-electron chi connectivity index (χ2n) is 3.84. The quantitative estimate of drug-likeness (QED) is 0.661. The monoisotopic (exact) mass is 206 g/mol.